The zero-order chi connectivity index (χ0) is 18.1. The van der Waals surface area contributed by atoms with Crippen LogP contribution < -0.4 is 4.90 Å². The standard InChI is InChI=1S/C20H17Cl2N3O/c21-16-7-6-15(13-17(16)22)20(26)25-11-9-24(10-12-25)18-5-1-3-14-4-2-8-23-19(14)18/h1-8,13H,9-12H2. The van der Waals surface area contributed by atoms with Gasteiger partial charge in [0.15, 0.2) is 0 Å². The molecule has 0 aliphatic carbocycles. The zero-order valence-corrected chi connectivity index (χ0v) is 15.5. The SMILES string of the molecule is O=C(c1ccc(Cl)c(Cl)c1)N1CCN(c2cccc3cccnc23)CC1. The Bertz CT molecular complexity index is 963. The Labute approximate surface area is 161 Å². The molecule has 0 atom stereocenters. The number of anilines is 1. The highest BCUT2D eigenvalue weighted by molar-refractivity contribution is 6.42. The molecule has 2 aromatic carbocycles. The van der Waals surface area contributed by atoms with Crippen molar-refractivity contribution < 1.29 is 4.79 Å². The minimum absolute atomic E-state index is 0.0146. The van der Waals surface area contributed by atoms with Gasteiger partial charge in [-0.2, -0.15) is 0 Å². The maximum atomic E-state index is 12.7. The number of carbonyl (C=O) groups excluding carboxylic acids is 1. The number of para-hydroxylation sites is 1. The molecule has 4 nitrogen and oxygen atoms in total. The highest BCUT2D eigenvalue weighted by Crippen LogP contribution is 2.27. The van der Waals surface area contributed by atoms with E-state index in [1.165, 1.54) is 0 Å². The molecule has 26 heavy (non-hydrogen) atoms. The highest BCUT2D eigenvalue weighted by atomic mass is 35.5. The summed E-state index contributed by atoms with van der Waals surface area (Å²) in [6.45, 7) is 2.84. The van der Waals surface area contributed by atoms with Crippen molar-refractivity contribution in [3.05, 3.63) is 70.3 Å². The van der Waals surface area contributed by atoms with Crippen LogP contribution in [0.25, 0.3) is 10.9 Å². The van der Waals surface area contributed by atoms with E-state index >= 15 is 0 Å². The van der Waals surface area contributed by atoms with E-state index in [0.29, 0.717) is 28.7 Å². The van der Waals surface area contributed by atoms with Crippen molar-refractivity contribution in [1.29, 1.82) is 0 Å². The summed E-state index contributed by atoms with van der Waals surface area (Å²) in [6, 6.07) is 15.2. The van der Waals surface area contributed by atoms with Gasteiger partial charge in [-0.25, -0.2) is 0 Å². The molecule has 4 rings (SSSR count). The largest absolute Gasteiger partial charge is 0.366 e. The summed E-state index contributed by atoms with van der Waals surface area (Å²) in [5.41, 5.74) is 2.68. The second kappa shape index (κ2) is 7.14. The van der Waals surface area contributed by atoms with E-state index in [4.69, 9.17) is 23.2 Å². The first-order chi connectivity index (χ1) is 12.6. The fraction of sp³-hybridized carbons (Fsp3) is 0.200. The number of nitrogens with zero attached hydrogens (tertiary/aromatic N) is 3. The Kier molecular flexibility index (Phi) is 4.70. The van der Waals surface area contributed by atoms with Crippen LogP contribution in [-0.4, -0.2) is 42.0 Å². The molecule has 1 saturated heterocycles. The summed E-state index contributed by atoms with van der Waals surface area (Å²) in [5.74, 6) is -0.0146. The lowest BCUT2D eigenvalue weighted by Crippen LogP contribution is -2.48. The molecule has 1 aliphatic heterocycles. The molecule has 1 amide bonds. The number of rotatable bonds is 2. The van der Waals surface area contributed by atoms with Gasteiger partial charge in [0.1, 0.15) is 0 Å². The van der Waals surface area contributed by atoms with Crippen LogP contribution in [0, 0.1) is 0 Å². The lowest BCUT2D eigenvalue weighted by Gasteiger charge is -2.36. The Balaban J connectivity index is 1.50. The topological polar surface area (TPSA) is 36.4 Å². The molecular formula is C20H17Cl2N3O. The van der Waals surface area contributed by atoms with E-state index in [1.54, 1.807) is 18.2 Å². The van der Waals surface area contributed by atoms with Crippen LogP contribution in [0.3, 0.4) is 0 Å². The Hall–Kier alpha value is -2.30. The number of piperazine rings is 1. The third-order valence-corrected chi connectivity index (χ3v) is 5.42. The van der Waals surface area contributed by atoms with Gasteiger partial charge in [-0.15, -0.1) is 0 Å². The molecule has 0 spiro atoms. The Morgan fingerprint density at radius 3 is 2.46 bits per heavy atom. The first kappa shape index (κ1) is 17.1. The van der Waals surface area contributed by atoms with Gasteiger partial charge >= 0.3 is 0 Å². The Morgan fingerprint density at radius 1 is 0.923 bits per heavy atom. The summed E-state index contributed by atoms with van der Waals surface area (Å²) in [6.07, 6.45) is 1.82. The fourth-order valence-corrected chi connectivity index (χ4v) is 3.60. The fourth-order valence-electron chi connectivity index (χ4n) is 3.31. The second-order valence-electron chi connectivity index (χ2n) is 6.26. The molecule has 1 aliphatic rings. The number of benzene rings is 2. The average Bonchev–Trinajstić information content (AvgIpc) is 2.69. The smallest absolute Gasteiger partial charge is 0.254 e. The van der Waals surface area contributed by atoms with Gasteiger partial charge in [-0.3, -0.25) is 9.78 Å². The second-order valence-corrected chi connectivity index (χ2v) is 7.07. The first-order valence-electron chi connectivity index (χ1n) is 8.46. The molecular weight excluding hydrogens is 369 g/mol. The van der Waals surface area contributed by atoms with Gasteiger partial charge in [0.25, 0.3) is 5.91 Å². The van der Waals surface area contributed by atoms with Crippen LogP contribution >= 0.6 is 23.2 Å². The van der Waals surface area contributed by atoms with Gasteiger partial charge < -0.3 is 9.80 Å². The van der Waals surface area contributed by atoms with E-state index in [2.05, 4.69) is 28.1 Å². The number of halogens is 2. The Morgan fingerprint density at radius 2 is 1.69 bits per heavy atom. The molecule has 3 aromatic rings. The van der Waals surface area contributed by atoms with Crippen molar-refractivity contribution >= 4 is 45.7 Å². The number of fused-ring (bicyclic) bond motifs is 1. The minimum atomic E-state index is -0.0146. The monoisotopic (exact) mass is 385 g/mol. The average molecular weight is 386 g/mol. The number of aromatic nitrogens is 1. The molecule has 0 radical (unpaired) electrons. The van der Waals surface area contributed by atoms with Gasteiger partial charge in [-0.1, -0.05) is 41.4 Å². The molecule has 0 unspecified atom stereocenters. The summed E-state index contributed by atoms with van der Waals surface area (Å²) in [7, 11) is 0. The van der Waals surface area contributed by atoms with Crippen molar-refractivity contribution in [2.45, 2.75) is 0 Å². The van der Waals surface area contributed by atoms with Crippen molar-refractivity contribution in [2.24, 2.45) is 0 Å². The van der Waals surface area contributed by atoms with Crippen LogP contribution in [0.2, 0.25) is 10.0 Å². The van der Waals surface area contributed by atoms with Crippen molar-refractivity contribution in [3.63, 3.8) is 0 Å². The molecule has 2 heterocycles. The van der Waals surface area contributed by atoms with Crippen LogP contribution in [-0.2, 0) is 0 Å². The maximum Gasteiger partial charge on any atom is 0.254 e. The molecule has 0 N–H and O–H groups in total. The summed E-state index contributed by atoms with van der Waals surface area (Å²) < 4.78 is 0. The zero-order valence-electron chi connectivity index (χ0n) is 14.0. The van der Waals surface area contributed by atoms with Crippen molar-refractivity contribution in [1.82, 2.24) is 9.88 Å². The molecule has 132 valence electrons. The summed E-state index contributed by atoms with van der Waals surface area (Å²) in [5, 5.41) is 1.98. The molecule has 0 saturated carbocycles. The van der Waals surface area contributed by atoms with Crippen LogP contribution in [0.15, 0.2) is 54.7 Å². The molecule has 1 fully saturated rings. The first-order valence-corrected chi connectivity index (χ1v) is 9.22. The minimum Gasteiger partial charge on any atom is -0.366 e. The predicted molar refractivity (Wildman–Crippen MR) is 106 cm³/mol. The maximum absolute atomic E-state index is 12.7. The van der Waals surface area contributed by atoms with Crippen LogP contribution in [0.1, 0.15) is 10.4 Å². The summed E-state index contributed by atoms with van der Waals surface area (Å²) in [4.78, 5) is 21.4. The van der Waals surface area contributed by atoms with Gasteiger partial charge in [0.05, 0.1) is 21.2 Å². The van der Waals surface area contributed by atoms with E-state index < -0.39 is 0 Å². The van der Waals surface area contributed by atoms with Gasteiger partial charge in [0.2, 0.25) is 0 Å². The third kappa shape index (κ3) is 3.22. The summed E-state index contributed by atoms with van der Waals surface area (Å²) >= 11 is 12.0. The number of carbonyl (C=O) groups is 1. The van der Waals surface area contributed by atoms with E-state index in [-0.39, 0.29) is 5.91 Å². The van der Waals surface area contributed by atoms with Crippen molar-refractivity contribution in [2.75, 3.05) is 31.1 Å². The van der Waals surface area contributed by atoms with Gasteiger partial charge in [-0.05, 0) is 30.3 Å². The molecule has 6 heteroatoms. The number of pyridine rings is 1. The number of hydrogen-bond acceptors (Lipinski definition) is 3. The quantitative estimate of drug-likeness (QED) is 0.651. The van der Waals surface area contributed by atoms with Crippen LogP contribution in [0.4, 0.5) is 5.69 Å². The van der Waals surface area contributed by atoms with Crippen molar-refractivity contribution in [3.8, 4) is 0 Å². The van der Waals surface area contributed by atoms with E-state index in [0.717, 1.165) is 29.7 Å². The van der Waals surface area contributed by atoms with E-state index in [9.17, 15) is 4.79 Å². The normalized spacial score (nSPS) is 14.7. The third-order valence-electron chi connectivity index (χ3n) is 4.69. The lowest BCUT2D eigenvalue weighted by molar-refractivity contribution is 0.0747. The lowest BCUT2D eigenvalue weighted by atomic mass is 10.1. The molecule has 1 aromatic heterocycles. The predicted octanol–water partition coefficient (Wildman–Crippen LogP) is 4.50. The highest BCUT2D eigenvalue weighted by Gasteiger charge is 2.23. The van der Waals surface area contributed by atoms with Gasteiger partial charge in [0, 0.05) is 43.3 Å². The molecule has 0 bridgehead atoms. The van der Waals surface area contributed by atoms with Crippen LogP contribution in [0.5, 0.6) is 0 Å². The number of hydrogen-bond donors (Lipinski definition) is 0. The number of amides is 1. The van der Waals surface area contributed by atoms with E-state index in [1.807, 2.05) is 23.2 Å².